The fourth-order valence-electron chi connectivity index (χ4n) is 1.12. The molecular formula is C10H14ClN. The van der Waals surface area contributed by atoms with Crippen LogP contribution in [0, 0.1) is 0 Å². The van der Waals surface area contributed by atoms with Gasteiger partial charge in [0, 0.05) is 14.1 Å². The highest BCUT2D eigenvalue weighted by Gasteiger charge is 2.02. The predicted octanol–water partition coefficient (Wildman–Crippen LogP) is 2.97. The van der Waals surface area contributed by atoms with Crippen LogP contribution in [0.15, 0.2) is 18.2 Å². The molecule has 1 aromatic carbocycles. The van der Waals surface area contributed by atoms with Crippen molar-refractivity contribution < 1.29 is 0 Å². The van der Waals surface area contributed by atoms with Gasteiger partial charge < -0.3 is 4.90 Å². The van der Waals surface area contributed by atoms with Gasteiger partial charge in [0.25, 0.3) is 0 Å². The summed E-state index contributed by atoms with van der Waals surface area (Å²) in [5, 5.41) is 0.817. The molecule has 66 valence electrons. The highest BCUT2D eigenvalue weighted by molar-refractivity contribution is 6.33. The minimum Gasteiger partial charge on any atom is -0.376 e. The highest BCUT2D eigenvalue weighted by Crippen LogP contribution is 2.25. The molecule has 0 saturated heterocycles. The third-order valence-electron chi connectivity index (χ3n) is 1.90. The monoisotopic (exact) mass is 183 g/mol. The lowest BCUT2D eigenvalue weighted by Gasteiger charge is -2.15. The van der Waals surface area contributed by atoms with Gasteiger partial charge in [-0.2, -0.15) is 0 Å². The van der Waals surface area contributed by atoms with E-state index in [4.69, 9.17) is 11.6 Å². The molecule has 0 atom stereocenters. The minimum absolute atomic E-state index is 0.817. The first-order valence-corrected chi connectivity index (χ1v) is 4.48. The molecule has 0 spiro atoms. The van der Waals surface area contributed by atoms with Crippen molar-refractivity contribution in [3.63, 3.8) is 0 Å². The summed E-state index contributed by atoms with van der Waals surface area (Å²) in [6, 6.07) is 6.15. The zero-order valence-electron chi connectivity index (χ0n) is 7.76. The van der Waals surface area contributed by atoms with Crippen LogP contribution in [-0.2, 0) is 6.42 Å². The SMILES string of the molecule is CCc1ccc(Cl)c(N(C)C)c1. The number of rotatable bonds is 2. The quantitative estimate of drug-likeness (QED) is 0.682. The first-order valence-electron chi connectivity index (χ1n) is 4.11. The Balaban J connectivity index is 3.08. The summed E-state index contributed by atoms with van der Waals surface area (Å²) in [5.74, 6) is 0. The van der Waals surface area contributed by atoms with Crippen molar-refractivity contribution in [3.05, 3.63) is 28.8 Å². The molecule has 0 aliphatic rings. The van der Waals surface area contributed by atoms with Crippen LogP contribution in [0.1, 0.15) is 12.5 Å². The van der Waals surface area contributed by atoms with Gasteiger partial charge in [-0.1, -0.05) is 24.6 Å². The summed E-state index contributed by atoms with van der Waals surface area (Å²) in [7, 11) is 4.00. The normalized spacial score (nSPS) is 10.0. The standard InChI is InChI=1S/C10H14ClN/c1-4-8-5-6-9(11)10(7-8)12(2)3/h5-7H,4H2,1-3H3. The lowest BCUT2D eigenvalue weighted by Crippen LogP contribution is -2.09. The Morgan fingerprint density at radius 3 is 2.50 bits per heavy atom. The van der Waals surface area contributed by atoms with Crippen molar-refractivity contribution in [2.45, 2.75) is 13.3 Å². The van der Waals surface area contributed by atoms with Crippen LogP contribution < -0.4 is 4.90 Å². The maximum absolute atomic E-state index is 6.01. The second-order valence-electron chi connectivity index (χ2n) is 3.03. The Hall–Kier alpha value is -0.690. The van der Waals surface area contributed by atoms with E-state index in [0.717, 1.165) is 17.1 Å². The lowest BCUT2D eigenvalue weighted by molar-refractivity contribution is 1.10. The van der Waals surface area contributed by atoms with Gasteiger partial charge in [-0.15, -0.1) is 0 Å². The van der Waals surface area contributed by atoms with Crippen LogP contribution in [0.3, 0.4) is 0 Å². The number of hydrogen-bond acceptors (Lipinski definition) is 1. The van der Waals surface area contributed by atoms with Gasteiger partial charge in [0.15, 0.2) is 0 Å². The Morgan fingerprint density at radius 2 is 2.00 bits per heavy atom. The number of aryl methyl sites for hydroxylation is 1. The third kappa shape index (κ3) is 1.92. The number of halogens is 1. The smallest absolute Gasteiger partial charge is 0.0639 e. The molecule has 2 heteroatoms. The van der Waals surface area contributed by atoms with Crippen LogP contribution in [0.25, 0.3) is 0 Å². The Labute approximate surface area is 79.0 Å². The van der Waals surface area contributed by atoms with E-state index >= 15 is 0 Å². The molecule has 0 unspecified atom stereocenters. The molecule has 12 heavy (non-hydrogen) atoms. The van der Waals surface area contributed by atoms with Crippen LogP contribution >= 0.6 is 11.6 Å². The van der Waals surface area contributed by atoms with E-state index < -0.39 is 0 Å². The van der Waals surface area contributed by atoms with Gasteiger partial charge in [0.1, 0.15) is 0 Å². The number of nitrogens with zero attached hydrogens (tertiary/aromatic N) is 1. The Bertz CT molecular complexity index is 269. The van der Waals surface area contributed by atoms with Crippen molar-refractivity contribution in [1.82, 2.24) is 0 Å². The van der Waals surface area contributed by atoms with Crippen molar-refractivity contribution in [3.8, 4) is 0 Å². The first kappa shape index (κ1) is 9.40. The van der Waals surface area contributed by atoms with E-state index in [-0.39, 0.29) is 0 Å². The summed E-state index contributed by atoms with van der Waals surface area (Å²) in [6.45, 7) is 2.14. The van der Waals surface area contributed by atoms with Gasteiger partial charge in [-0.05, 0) is 24.1 Å². The molecule has 1 rings (SSSR count). The fourth-order valence-corrected chi connectivity index (χ4v) is 1.41. The van der Waals surface area contributed by atoms with Gasteiger partial charge in [0.05, 0.1) is 10.7 Å². The molecular weight excluding hydrogens is 170 g/mol. The zero-order valence-corrected chi connectivity index (χ0v) is 8.52. The number of anilines is 1. The second kappa shape index (κ2) is 3.81. The molecule has 0 fully saturated rings. The minimum atomic E-state index is 0.817. The Morgan fingerprint density at radius 1 is 1.33 bits per heavy atom. The van der Waals surface area contributed by atoms with Gasteiger partial charge in [-0.25, -0.2) is 0 Å². The average Bonchev–Trinajstić information content (AvgIpc) is 2.05. The molecule has 0 saturated carbocycles. The third-order valence-corrected chi connectivity index (χ3v) is 2.22. The summed E-state index contributed by atoms with van der Waals surface area (Å²) in [5.41, 5.74) is 2.42. The van der Waals surface area contributed by atoms with E-state index in [0.29, 0.717) is 0 Å². The van der Waals surface area contributed by atoms with Crippen LogP contribution in [0.4, 0.5) is 5.69 Å². The molecule has 0 bridgehead atoms. The lowest BCUT2D eigenvalue weighted by atomic mass is 10.1. The van der Waals surface area contributed by atoms with Crippen LogP contribution in [-0.4, -0.2) is 14.1 Å². The summed E-state index contributed by atoms with van der Waals surface area (Å²) >= 11 is 6.01. The van der Waals surface area contributed by atoms with E-state index in [1.54, 1.807) is 0 Å². The molecule has 0 N–H and O–H groups in total. The second-order valence-corrected chi connectivity index (χ2v) is 3.44. The first-order chi connectivity index (χ1) is 5.65. The topological polar surface area (TPSA) is 3.24 Å². The average molecular weight is 184 g/mol. The van der Waals surface area contributed by atoms with E-state index in [1.165, 1.54) is 5.56 Å². The molecule has 0 aromatic heterocycles. The zero-order chi connectivity index (χ0) is 9.14. The fraction of sp³-hybridized carbons (Fsp3) is 0.400. The molecule has 0 aliphatic heterocycles. The van der Waals surface area contributed by atoms with Crippen molar-refractivity contribution >= 4 is 17.3 Å². The number of hydrogen-bond donors (Lipinski definition) is 0. The van der Waals surface area contributed by atoms with Crippen molar-refractivity contribution in [2.24, 2.45) is 0 Å². The summed E-state index contributed by atoms with van der Waals surface area (Å²) < 4.78 is 0. The maximum atomic E-state index is 6.01. The maximum Gasteiger partial charge on any atom is 0.0639 e. The molecule has 0 radical (unpaired) electrons. The van der Waals surface area contributed by atoms with Crippen LogP contribution in [0.2, 0.25) is 5.02 Å². The van der Waals surface area contributed by atoms with Gasteiger partial charge in [-0.3, -0.25) is 0 Å². The van der Waals surface area contributed by atoms with Crippen LogP contribution in [0.5, 0.6) is 0 Å². The predicted molar refractivity (Wildman–Crippen MR) is 55.2 cm³/mol. The van der Waals surface area contributed by atoms with E-state index in [2.05, 4.69) is 19.1 Å². The largest absolute Gasteiger partial charge is 0.376 e. The summed E-state index contributed by atoms with van der Waals surface area (Å²) in [4.78, 5) is 2.03. The van der Waals surface area contributed by atoms with Gasteiger partial charge in [0.2, 0.25) is 0 Å². The summed E-state index contributed by atoms with van der Waals surface area (Å²) in [6.07, 6.45) is 1.05. The molecule has 1 aromatic rings. The molecule has 1 nitrogen and oxygen atoms in total. The molecule has 0 amide bonds. The number of benzene rings is 1. The molecule has 0 heterocycles. The van der Waals surface area contributed by atoms with Gasteiger partial charge >= 0.3 is 0 Å². The molecule has 0 aliphatic carbocycles. The van der Waals surface area contributed by atoms with Crippen molar-refractivity contribution in [2.75, 3.05) is 19.0 Å². The highest BCUT2D eigenvalue weighted by atomic mass is 35.5. The van der Waals surface area contributed by atoms with Crippen molar-refractivity contribution in [1.29, 1.82) is 0 Å². The van der Waals surface area contributed by atoms with E-state index in [9.17, 15) is 0 Å². The Kier molecular flexibility index (Phi) is 2.99. The van der Waals surface area contributed by atoms with E-state index in [1.807, 2.05) is 25.1 Å².